The molecule has 0 spiro atoms. The van der Waals surface area contributed by atoms with Crippen molar-refractivity contribution in [1.82, 2.24) is 4.98 Å². The number of aryl methyl sites for hydroxylation is 2. The Balaban J connectivity index is 2.96. The number of nitriles is 1. The van der Waals surface area contributed by atoms with Crippen molar-refractivity contribution in [1.29, 1.82) is 5.26 Å². The Labute approximate surface area is 89.7 Å². The Hall–Kier alpha value is -2.00. The van der Waals surface area contributed by atoms with Gasteiger partial charge in [0.25, 0.3) is 0 Å². The maximum absolute atomic E-state index is 8.94. The van der Waals surface area contributed by atoms with Gasteiger partial charge in [-0.3, -0.25) is 0 Å². The van der Waals surface area contributed by atoms with Gasteiger partial charge in [-0.15, -0.1) is 12.3 Å². The first kappa shape index (κ1) is 11.1. The average molecular weight is 200 g/mol. The fourth-order valence-corrected chi connectivity index (χ4v) is 1.25. The SMILES string of the molecule is C#CCCOc1nc(C)cc(C)c1C#N. The molecule has 76 valence electrons. The Kier molecular flexibility index (Phi) is 3.71. The van der Waals surface area contributed by atoms with Crippen LogP contribution in [0.25, 0.3) is 0 Å². The number of aromatic nitrogens is 1. The summed E-state index contributed by atoms with van der Waals surface area (Å²) in [5, 5.41) is 8.94. The molecule has 0 atom stereocenters. The van der Waals surface area contributed by atoms with E-state index < -0.39 is 0 Å². The lowest BCUT2D eigenvalue weighted by Crippen LogP contribution is -2.02. The van der Waals surface area contributed by atoms with Gasteiger partial charge in [-0.05, 0) is 25.5 Å². The Morgan fingerprint density at radius 2 is 2.27 bits per heavy atom. The summed E-state index contributed by atoms with van der Waals surface area (Å²) >= 11 is 0. The lowest BCUT2D eigenvalue weighted by atomic mass is 10.1. The molecule has 15 heavy (non-hydrogen) atoms. The van der Waals surface area contributed by atoms with Gasteiger partial charge in [-0.25, -0.2) is 4.98 Å². The smallest absolute Gasteiger partial charge is 0.232 e. The molecule has 0 aliphatic heterocycles. The molecule has 0 radical (unpaired) electrons. The highest BCUT2D eigenvalue weighted by atomic mass is 16.5. The van der Waals surface area contributed by atoms with Gasteiger partial charge in [0, 0.05) is 12.1 Å². The number of hydrogen-bond acceptors (Lipinski definition) is 3. The normalized spacial score (nSPS) is 9.07. The molecule has 0 bridgehead atoms. The van der Waals surface area contributed by atoms with E-state index in [1.165, 1.54) is 0 Å². The minimum Gasteiger partial charge on any atom is -0.476 e. The van der Waals surface area contributed by atoms with Crippen molar-refractivity contribution < 1.29 is 4.74 Å². The highest BCUT2D eigenvalue weighted by Crippen LogP contribution is 2.19. The first-order valence-corrected chi connectivity index (χ1v) is 4.63. The molecule has 0 aromatic carbocycles. The predicted octanol–water partition coefficient (Wildman–Crippen LogP) is 1.97. The van der Waals surface area contributed by atoms with E-state index in [4.69, 9.17) is 16.4 Å². The van der Waals surface area contributed by atoms with Crippen molar-refractivity contribution in [2.75, 3.05) is 6.61 Å². The van der Waals surface area contributed by atoms with Gasteiger partial charge in [0.15, 0.2) is 0 Å². The Morgan fingerprint density at radius 3 is 2.87 bits per heavy atom. The van der Waals surface area contributed by atoms with E-state index >= 15 is 0 Å². The van der Waals surface area contributed by atoms with Crippen molar-refractivity contribution in [2.24, 2.45) is 0 Å². The quantitative estimate of drug-likeness (QED) is 0.553. The molecular weight excluding hydrogens is 188 g/mol. The molecule has 0 saturated heterocycles. The summed E-state index contributed by atoms with van der Waals surface area (Å²) in [5.74, 6) is 2.85. The summed E-state index contributed by atoms with van der Waals surface area (Å²) in [5.41, 5.74) is 2.19. The van der Waals surface area contributed by atoms with Crippen LogP contribution < -0.4 is 4.74 Å². The standard InChI is InChI=1S/C12H12N2O/c1-4-5-6-15-12-11(8-13)9(2)7-10(3)14-12/h1,7H,5-6H2,2-3H3. The number of terminal acetylenes is 1. The molecule has 1 aromatic rings. The number of rotatable bonds is 3. The Bertz CT molecular complexity index is 438. The van der Waals surface area contributed by atoms with Gasteiger partial charge in [0.05, 0.1) is 0 Å². The molecule has 1 heterocycles. The second-order valence-electron chi connectivity index (χ2n) is 3.18. The van der Waals surface area contributed by atoms with Crippen LogP contribution in [-0.4, -0.2) is 11.6 Å². The van der Waals surface area contributed by atoms with Gasteiger partial charge in [0.2, 0.25) is 5.88 Å². The first-order chi connectivity index (χ1) is 7.19. The van der Waals surface area contributed by atoms with Gasteiger partial charge in [0.1, 0.15) is 18.2 Å². The maximum atomic E-state index is 8.94. The molecule has 0 N–H and O–H groups in total. The number of nitrogens with zero attached hydrogens (tertiary/aromatic N) is 2. The lowest BCUT2D eigenvalue weighted by Gasteiger charge is -2.08. The van der Waals surface area contributed by atoms with E-state index in [0.717, 1.165) is 11.3 Å². The van der Waals surface area contributed by atoms with Gasteiger partial charge in [-0.2, -0.15) is 5.26 Å². The van der Waals surface area contributed by atoms with Crippen LogP contribution in [0.4, 0.5) is 0 Å². The topological polar surface area (TPSA) is 45.9 Å². The molecule has 0 fully saturated rings. The average Bonchev–Trinajstić information content (AvgIpc) is 2.17. The van der Waals surface area contributed by atoms with E-state index in [0.29, 0.717) is 24.5 Å². The van der Waals surface area contributed by atoms with Crippen molar-refractivity contribution in [3.05, 3.63) is 22.9 Å². The highest BCUT2D eigenvalue weighted by molar-refractivity contribution is 5.45. The third kappa shape index (κ3) is 2.72. The monoisotopic (exact) mass is 200 g/mol. The van der Waals surface area contributed by atoms with Crippen molar-refractivity contribution >= 4 is 0 Å². The summed E-state index contributed by atoms with van der Waals surface area (Å²) in [6.07, 6.45) is 5.62. The van der Waals surface area contributed by atoms with E-state index in [-0.39, 0.29) is 0 Å². The summed E-state index contributed by atoms with van der Waals surface area (Å²) in [6.45, 7) is 4.12. The van der Waals surface area contributed by atoms with Crippen LogP contribution in [0.15, 0.2) is 6.07 Å². The van der Waals surface area contributed by atoms with Crippen LogP contribution in [0.2, 0.25) is 0 Å². The summed E-state index contributed by atoms with van der Waals surface area (Å²) < 4.78 is 5.35. The first-order valence-electron chi connectivity index (χ1n) is 4.63. The van der Waals surface area contributed by atoms with E-state index in [9.17, 15) is 0 Å². The number of hydrogen-bond donors (Lipinski definition) is 0. The van der Waals surface area contributed by atoms with Crippen molar-refractivity contribution in [3.8, 4) is 24.3 Å². The van der Waals surface area contributed by atoms with Crippen molar-refractivity contribution in [3.63, 3.8) is 0 Å². The fourth-order valence-electron chi connectivity index (χ4n) is 1.25. The molecule has 0 saturated carbocycles. The molecule has 1 aromatic heterocycles. The zero-order valence-corrected chi connectivity index (χ0v) is 8.87. The minimum atomic E-state index is 0.380. The predicted molar refractivity (Wildman–Crippen MR) is 57.4 cm³/mol. The maximum Gasteiger partial charge on any atom is 0.232 e. The van der Waals surface area contributed by atoms with Gasteiger partial charge in [-0.1, -0.05) is 0 Å². The van der Waals surface area contributed by atoms with Crippen LogP contribution in [0, 0.1) is 37.5 Å². The molecule has 1 rings (SSSR count). The van der Waals surface area contributed by atoms with E-state index in [1.54, 1.807) is 0 Å². The van der Waals surface area contributed by atoms with Crippen LogP contribution in [-0.2, 0) is 0 Å². The zero-order valence-electron chi connectivity index (χ0n) is 8.87. The number of ether oxygens (including phenoxy) is 1. The van der Waals surface area contributed by atoms with E-state index in [2.05, 4.69) is 17.0 Å². The molecule has 3 heteroatoms. The molecule has 3 nitrogen and oxygen atoms in total. The third-order valence-corrected chi connectivity index (χ3v) is 1.91. The van der Waals surface area contributed by atoms with Crippen molar-refractivity contribution in [2.45, 2.75) is 20.3 Å². The van der Waals surface area contributed by atoms with Gasteiger partial charge < -0.3 is 4.74 Å². The van der Waals surface area contributed by atoms with Crippen LogP contribution in [0.5, 0.6) is 5.88 Å². The summed E-state index contributed by atoms with van der Waals surface area (Å²) in [6, 6.07) is 3.93. The molecule has 0 unspecified atom stereocenters. The molecule has 0 aliphatic carbocycles. The summed E-state index contributed by atoms with van der Waals surface area (Å²) in [4.78, 5) is 4.16. The second-order valence-corrected chi connectivity index (χ2v) is 3.18. The molecule has 0 aliphatic rings. The zero-order chi connectivity index (χ0) is 11.3. The highest BCUT2D eigenvalue weighted by Gasteiger charge is 2.08. The van der Waals surface area contributed by atoms with Crippen LogP contribution in [0.3, 0.4) is 0 Å². The lowest BCUT2D eigenvalue weighted by molar-refractivity contribution is 0.312. The van der Waals surface area contributed by atoms with E-state index in [1.807, 2.05) is 19.9 Å². The fraction of sp³-hybridized carbons (Fsp3) is 0.333. The summed E-state index contributed by atoms with van der Waals surface area (Å²) in [7, 11) is 0. The van der Waals surface area contributed by atoms with Gasteiger partial charge >= 0.3 is 0 Å². The Morgan fingerprint density at radius 1 is 1.53 bits per heavy atom. The third-order valence-electron chi connectivity index (χ3n) is 1.91. The van der Waals surface area contributed by atoms with Crippen LogP contribution >= 0.6 is 0 Å². The minimum absolute atomic E-state index is 0.380. The second kappa shape index (κ2) is 5.02. The molecular formula is C12H12N2O. The molecule has 0 amide bonds. The number of pyridine rings is 1. The largest absolute Gasteiger partial charge is 0.476 e. The van der Waals surface area contributed by atoms with Crippen LogP contribution in [0.1, 0.15) is 23.2 Å².